The normalized spacial score (nSPS) is 10.8. The average molecular weight is 479 g/mol. The number of ether oxygens (including phenoxy) is 3. The number of aromatic amines is 1. The molecule has 8 heteroatoms. The third-order valence-electron chi connectivity index (χ3n) is 5.57. The number of carbonyl (C=O) groups is 1. The molecule has 0 saturated carbocycles. The van der Waals surface area contributed by atoms with Gasteiger partial charge in [0, 0.05) is 21.5 Å². The van der Waals surface area contributed by atoms with Gasteiger partial charge in [-0.3, -0.25) is 9.59 Å². The number of nitrogens with zero attached hydrogens (tertiary/aromatic N) is 1. The molecule has 2 aromatic carbocycles. The molecule has 176 valence electrons. The van der Waals surface area contributed by atoms with Crippen LogP contribution in [-0.4, -0.2) is 37.1 Å². The molecule has 0 aliphatic rings. The maximum atomic E-state index is 13.7. The monoisotopic (exact) mass is 478 g/mol. The third-order valence-corrected chi connectivity index (χ3v) is 6.43. The van der Waals surface area contributed by atoms with Gasteiger partial charge < -0.3 is 24.1 Å². The molecular weight excluding hydrogens is 452 g/mol. The number of carbonyl (C=O) groups excluding carboxylic acids is 1. The highest BCUT2D eigenvalue weighted by molar-refractivity contribution is 7.09. The second-order valence-electron chi connectivity index (χ2n) is 7.87. The van der Waals surface area contributed by atoms with Crippen LogP contribution < -0.4 is 19.8 Å². The van der Waals surface area contributed by atoms with Crippen molar-refractivity contribution in [1.29, 1.82) is 0 Å². The maximum Gasteiger partial charge on any atom is 0.254 e. The van der Waals surface area contributed by atoms with Crippen LogP contribution in [-0.2, 0) is 13.1 Å². The Balaban J connectivity index is 1.74. The van der Waals surface area contributed by atoms with Crippen molar-refractivity contribution < 1.29 is 19.0 Å². The molecule has 0 unspecified atom stereocenters. The minimum absolute atomic E-state index is 0.145. The number of fused-ring (bicyclic) bond motifs is 1. The standard InChI is InChI=1S/C26H26N2O5S/c1-16-7-8-17-11-19(25(29)27-21(17)10-16)14-28(15-20-6-5-9-34-20)26(30)18-12-22(31-2)24(33-4)23(13-18)32-3/h5-13H,14-15H2,1-4H3,(H,27,29). The first-order chi connectivity index (χ1) is 16.4. The summed E-state index contributed by atoms with van der Waals surface area (Å²) >= 11 is 1.55. The molecule has 0 aliphatic heterocycles. The Morgan fingerprint density at radius 1 is 0.971 bits per heavy atom. The molecular formula is C26H26N2O5S. The van der Waals surface area contributed by atoms with Gasteiger partial charge in [0.05, 0.1) is 34.4 Å². The fourth-order valence-corrected chi connectivity index (χ4v) is 4.58. The van der Waals surface area contributed by atoms with Crippen LogP contribution in [0.5, 0.6) is 17.2 Å². The molecule has 2 aromatic heterocycles. The SMILES string of the molecule is COc1cc(C(=O)N(Cc2cccs2)Cc2cc3ccc(C)cc3[nH]c2=O)cc(OC)c1OC. The van der Waals surface area contributed by atoms with E-state index in [1.807, 2.05) is 48.7 Å². The summed E-state index contributed by atoms with van der Waals surface area (Å²) in [6, 6.07) is 14.9. The smallest absolute Gasteiger partial charge is 0.254 e. The first-order valence-electron chi connectivity index (χ1n) is 10.7. The zero-order valence-electron chi connectivity index (χ0n) is 19.5. The fourth-order valence-electron chi connectivity index (χ4n) is 3.86. The molecule has 4 rings (SSSR count). The van der Waals surface area contributed by atoms with E-state index >= 15 is 0 Å². The number of amides is 1. The van der Waals surface area contributed by atoms with E-state index in [-0.39, 0.29) is 18.0 Å². The second kappa shape index (κ2) is 10.0. The Kier molecular flexibility index (Phi) is 6.88. The predicted molar refractivity (Wildman–Crippen MR) is 133 cm³/mol. The van der Waals surface area contributed by atoms with E-state index in [1.165, 1.54) is 21.3 Å². The van der Waals surface area contributed by atoms with Crippen molar-refractivity contribution in [2.45, 2.75) is 20.0 Å². The quantitative estimate of drug-likeness (QED) is 0.395. The van der Waals surface area contributed by atoms with E-state index in [9.17, 15) is 9.59 Å². The topological polar surface area (TPSA) is 80.9 Å². The number of methoxy groups -OCH3 is 3. The van der Waals surface area contributed by atoms with Gasteiger partial charge in [-0.2, -0.15) is 0 Å². The van der Waals surface area contributed by atoms with Crippen LogP contribution in [0.25, 0.3) is 10.9 Å². The number of thiophene rings is 1. The van der Waals surface area contributed by atoms with Crippen LogP contribution in [0, 0.1) is 6.92 Å². The number of hydrogen-bond acceptors (Lipinski definition) is 6. The van der Waals surface area contributed by atoms with Gasteiger partial charge in [0.25, 0.3) is 11.5 Å². The zero-order chi connectivity index (χ0) is 24.2. The number of H-pyrrole nitrogens is 1. The highest BCUT2D eigenvalue weighted by atomic mass is 32.1. The van der Waals surface area contributed by atoms with Gasteiger partial charge in [-0.15, -0.1) is 11.3 Å². The summed E-state index contributed by atoms with van der Waals surface area (Å²) in [5.41, 5.74) is 2.50. The Morgan fingerprint density at radius 3 is 2.32 bits per heavy atom. The Bertz CT molecular complexity index is 1350. The number of benzene rings is 2. The fraction of sp³-hybridized carbons (Fsp3) is 0.231. The van der Waals surface area contributed by atoms with Crippen molar-refractivity contribution in [3.8, 4) is 17.2 Å². The summed E-state index contributed by atoms with van der Waals surface area (Å²) in [7, 11) is 4.52. The van der Waals surface area contributed by atoms with Crippen LogP contribution in [0.2, 0.25) is 0 Å². The lowest BCUT2D eigenvalue weighted by Crippen LogP contribution is -2.32. The van der Waals surface area contributed by atoms with Gasteiger partial charge in [0.2, 0.25) is 5.75 Å². The lowest BCUT2D eigenvalue weighted by Gasteiger charge is -2.23. The van der Waals surface area contributed by atoms with Gasteiger partial charge in [-0.25, -0.2) is 0 Å². The van der Waals surface area contributed by atoms with Crippen LogP contribution in [0.15, 0.2) is 58.7 Å². The molecule has 7 nitrogen and oxygen atoms in total. The van der Waals surface area contributed by atoms with Crippen LogP contribution in [0.4, 0.5) is 0 Å². The highest BCUT2D eigenvalue weighted by Crippen LogP contribution is 2.38. The van der Waals surface area contributed by atoms with Crippen molar-refractivity contribution >= 4 is 28.1 Å². The molecule has 0 radical (unpaired) electrons. The first kappa shape index (κ1) is 23.4. The molecule has 4 aromatic rings. The number of aromatic nitrogens is 1. The van der Waals surface area contributed by atoms with Crippen LogP contribution in [0.1, 0.15) is 26.4 Å². The minimum atomic E-state index is -0.254. The first-order valence-corrected chi connectivity index (χ1v) is 11.6. The van der Waals surface area contributed by atoms with Gasteiger partial charge in [-0.05, 0) is 53.6 Å². The maximum absolute atomic E-state index is 13.7. The lowest BCUT2D eigenvalue weighted by molar-refractivity contribution is 0.0730. The number of hydrogen-bond donors (Lipinski definition) is 1. The van der Waals surface area contributed by atoms with Crippen LogP contribution in [0.3, 0.4) is 0 Å². The van der Waals surface area contributed by atoms with Gasteiger partial charge in [-0.1, -0.05) is 18.2 Å². The molecule has 0 bridgehead atoms. The molecule has 0 spiro atoms. The molecule has 0 atom stereocenters. The largest absolute Gasteiger partial charge is 0.493 e. The van der Waals surface area contributed by atoms with Crippen molar-refractivity contribution in [3.63, 3.8) is 0 Å². The van der Waals surface area contributed by atoms with E-state index in [1.54, 1.807) is 28.4 Å². The molecule has 34 heavy (non-hydrogen) atoms. The summed E-state index contributed by atoms with van der Waals surface area (Å²) < 4.78 is 16.2. The van der Waals surface area contributed by atoms with Crippen molar-refractivity contribution in [2.24, 2.45) is 0 Å². The highest BCUT2D eigenvalue weighted by Gasteiger charge is 2.23. The predicted octanol–water partition coefficient (Wildman–Crippen LogP) is 4.77. The third kappa shape index (κ3) is 4.77. The minimum Gasteiger partial charge on any atom is -0.493 e. The van der Waals surface area contributed by atoms with Crippen LogP contribution >= 0.6 is 11.3 Å². The van der Waals surface area contributed by atoms with Crippen molar-refractivity contribution in [3.05, 3.63) is 85.8 Å². The molecule has 2 heterocycles. The summed E-state index contributed by atoms with van der Waals surface area (Å²) in [6.07, 6.45) is 0. The van der Waals surface area contributed by atoms with E-state index in [4.69, 9.17) is 14.2 Å². The molecule has 0 saturated heterocycles. The Labute approximate surface area is 201 Å². The van der Waals surface area contributed by atoms with E-state index < -0.39 is 0 Å². The van der Waals surface area contributed by atoms with E-state index in [0.29, 0.717) is 34.9 Å². The number of pyridine rings is 1. The lowest BCUT2D eigenvalue weighted by atomic mass is 10.1. The van der Waals surface area contributed by atoms with Gasteiger partial charge in [0.1, 0.15) is 0 Å². The summed E-state index contributed by atoms with van der Waals surface area (Å²) in [5, 5.41) is 2.87. The second-order valence-corrected chi connectivity index (χ2v) is 8.90. The summed E-state index contributed by atoms with van der Waals surface area (Å²) in [4.78, 5) is 32.2. The molecule has 0 aliphatic carbocycles. The van der Waals surface area contributed by atoms with Crippen molar-refractivity contribution in [2.75, 3.05) is 21.3 Å². The summed E-state index contributed by atoms with van der Waals surface area (Å²) in [6.45, 7) is 2.48. The molecule has 1 amide bonds. The van der Waals surface area contributed by atoms with E-state index in [0.717, 1.165) is 21.3 Å². The Hall–Kier alpha value is -3.78. The molecule has 1 N–H and O–H groups in total. The van der Waals surface area contributed by atoms with Gasteiger partial charge in [0.15, 0.2) is 11.5 Å². The molecule has 0 fully saturated rings. The number of aryl methyl sites for hydroxylation is 1. The van der Waals surface area contributed by atoms with Gasteiger partial charge >= 0.3 is 0 Å². The number of nitrogens with one attached hydrogen (secondary N) is 1. The average Bonchev–Trinajstić information content (AvgIpc) is 3.35. The van der Waals surface area contributed by atoms with Crippen molar-refractivity contribution in [1.82, 2.24) is 9.88 Å². The Morgan fingerprint density at radius 2 is 1.71 bits per heavy atom. The summed E-state index contributed by atoms with van der Waals surface area (Å²) in [5.74, 6) is 0.934. The number of rotatable bonds is 8. The van der Waals surface area contributed by atoms with E-state index in [2.05, 4.69) is 4.98 Å². The zero-order valence-corrected chi connectivity index (χ0v) is 20.3.